The van der Waals surface area contributed by atoms with E-state index in [0.717, 1.165) is 49.6 Å². The van der Waals surface area contributed by atoms with Gasteiger partial charge < -0.3 is 10.4 Å². The zero-order valence-electron chi connectivity index (χ0n) is 11.3. The Morgan fingerprint density at radius 2 is 2.26 bits per heavy atom. The molecule has 19 heavy (non-hydrogen) atoms. The van der Waals surface area contributed by atoms with E-state index in [0.29, 0.717) is 0 Å². The maximum absolute atomic E-state index is 10.1. The second kappa shape index (κ2) is 7.71. The Balaban J connectivity index is 1.70. The van der Waals surface area contributed by atoms with Gasteiger partial charge in [0.15, 0.2) is 0 Å². The fourth-order valence-electron chi connectivity index (χ4n) is 2.41. The minimum absolute atomic E-state index is 0.273. The van der Waals surface area contributed by atoms with E-state index in [-0.39, 0.29) is 6.10 Å². The van der Waals surface area contributed by atoms with Gasteiger partial charge in [0, 0.05) is 45.8 Å². The van der Waals surface area contributed by atoms with Crippen LogP contribution in [-0.4, -0.2) is 67.3 Å². The van der Waals surface area contributed by atoms with Crippen molar-refractivity contribution in [1.29, 1.82) is 0 Å². The number of β-amino-alcohol motifs (C(OH)–C–C–N with tert-alkyl or cyclic N) is 1. The summed E-state index contributed by atoms with van der Waals surface area (Å²) in [6.07, 6.45) is -0.273. The molecule has 0 aliphatic carbocycles. The molecule has 1 aromatic rings. The lowest BCUT2D eigenvalue weighted by atomic mass is 10.2. The molecule has 108 valence electrons. The Hall–Kier alpha value is 0.0200. The van der Waals surface area contributed by atoms with Crippen LogP contribution in [0.15, 0.2) is 15.2 Å². The third-order valence-corrected chi connectivity index (χ3v) is 4.83. The fourth-order valence-corrected chi connectivity index (χ4v) is 3.61. The standard InChI is InChI=1S/C13H22BrN3OS/c1-16(7-11-6-13(14)19-10-11)8-12(18)9-17-4-2-15-3-5-17/h6,10,12,15,18H,2-5,7-9H2,1H3. The Labute approximate surface area is 127 Å². The van der Waals surface area contributed by atoms with Crippen LogP contribution in [0.1, 0.15) is 5.56 Å². The van der Waals surface area contributed by atoms with Gasteiger partial charge in [0.05, 0.1) is 9.89 Å². The third-order valence-electron chi connectivity index (χ3n) is 3.28. The van der Waals surface area contributed by atoms with E-state index >= 15 is 0 Å². The summed E-state index contributed by atoms with van der Waals surface area (Å²) in [5.41, 5.74) is 1.30. The highest BCUT2D eigenvalue weighted by molar-refractivity contribution is 9.11. The van der Waals surface area contributed by atoms with E-state index in [1.807, 2.05) is 0 Å². The summed E-state index contributed by atoms with van der Waals surface area (Å²) < 4.78 is 1.16. The van der Waals surface area contributed by atoms with Gasteiger partial charge in [0.2, 0.25) is 0 Å². The van der Waals surface area contributed by atoms with E-state index in [2.05, 4.69) is 49.5 Å². The molecular formula is C13H22BrN3OS. The molecule has 0 amide bonds. The molecule has 1 aliphatic rings. The zero-order valence-corrected chi connectivity index (χ0v) is 13.7. The summed E-state index contributed by atoms with van der Waals surface area (Å²) in [4.78, 5) is 4.51. The zero-order chi connectivity index (χ0) is 13.7. The van der Waals surface area contributed by atoms with Crippen LogP contribution in [0.3, 0.4) is 0 Å². The monoisotopic (exact) mass is 347 g/mol. The molecule has 2 N–H and O–H groups in total. The predicted molar refractivity (Wildman–Crippen MR) is 83.7 cm³/mol. The number of thiophene rings is 1. The van der Waals surface area contributed by atoms with Gasteiger partial charge in [0.1, 0.15) is 0 Å². The van der Waals surface area contributed by atoms with Crippen LogP contribution in [0.4, 0.5) is 0 Å². The maximum atomic E-state index is 10.1. The minimum Gasteiger partial charge on any atom is -0.390 e. The van der Waals surface area contributed by atoms with Gasteiger partial charge in [-0.05, 0) is 40.0 Å². The summed E-state index contributed by atoms with van der Waals surface area (Å²) in [6.45, 7) is 6.53. The molecule has 1 aliphatic heterocycles. The van der Waals surface area contributed by atoms with Crippen molar-refractivity contribution in [3.8, 4) is 0 Å². The second-order valence-corrected chi connectivity index (χ2v) is 7.45. The van der Waals surface area contributed by atoms with E-state index in [4.69, 9.17) is 0 Å². The molecule has 0 radical (unpaired) electrons. The molecule has 1 atom stereocenters. The first-order valence-electron chi connectivity index (χ1n) is 6.66. The van der Waals surface area contributed by atoms with Gasteiger partial charge in [-0.15, -0.1) is 11.3 Å². The quantitative estimate of drug-likeness (QED) is 0.811. The number of likely N-dealkylation sites (N-methyl/N-ethyl adjacent to an activating group) is 1. The van der Waals surface area contributed by atoms with E-state index in [9.17, 15) is 5.11 Å². The number of hydrogen-bond acceptors (Lipinski definition) is 5. The highest BCUT2D eigenvalue weighted by atomic mass is 79.9. The van der Waals surface area contributed by atoms with Crippen molar-refractivity contribution < 1.29 is 5.11 Å². The molecule has 1 saturated heterocycles. The molecule has 6 heteroatoms. The lowest BCUT2D eigenvalue weighted by molar-refractivity contribution is 0.0752. The summed E-state index contributed by atoms with van der Waals surface area (Å²) in [6, 6.07) is 2.14. The van der Waals surface area contributed by atoms with Crippen molar-refractivity contribution in [2.24, 2.45) is 0 Å². The number of piperazine rings is 1. The van der Waals surface area contributed by atoms with Crippen LogP contribution in [-0.2, 0) is 6.54 Å². The first-order valence-corrected chi connectivity index (χ1v) is 8.33. The van der Waals surface area contributed by atoms with E-state index in [1.54, 1.807) is 11.3 Å². The first kappa shape index (κ1) is 15.4. The number of nitrogens with zero attached hydrogens (tertiary/aromatic N) is 2. The van der Waals surface area contributed by atoms with Gasteiger partial charge in [0.25, 0.3) is 0 Å². The SMILES string of the molecule is CN(Cc1csc(Br)c1)CC(O)CN1CCNCC1. The number of nitrogens with one attached hydrogen (secondary N) is 1. The first-order chi connectivity index (χ1) is 9.13. The van der Waals surface area contributed by atoms with Crippen LogP contribution in [0.2, 0.25) is 0 Å². The van der Waals surface area contributed by atoms with Gasteiger partial charge in [-0.2, -0.15) is 0 Å². The smallest absolute Gasteiger partial charge is 0.0793 e. The summed E-state index contributed by atoms with van der Waals surface area (Å²) >= 11 is 5.18. The molecule has 0 aromatic carbocycles. The Kier molecular flexibility index (Phi) is 6.25. The molecule has 1 aromatic heterocycles. The van der Waals surface area contributed by atoms with Gasteiger partial charge in [-0.3, -0.25) is 9.80 Å². The van der Waals surface area contributed by atoms with Crippen LogP contribution < -0.4 is 5.32 Å². The van der Waals surface area contributed by atoms with Crippen LogP contribution in [0, 0.1) is 0 Å². The lowest BCUT2D eigenvalue weighted by Gasteiger charge is -2.30. The Bertz CT molecular complexity index is 382. The molecule has 1 fully saturated rings. The second-order valence-electron chi connectivity index (χ2n) is 5.16. The predicted octanol–water partition coefficient (Wildman–Crippen LogP) is 1.21. The molecule has 0 bridgehead atoms. The molecule has 0 spiro atoms. The molecule has 2 rings (SSSR count). The maximum Gasteiger partial charge on any atom is 0.0793 e. The van der Waals surface area contributed by atoms with Crippen molar-refractivity contribution in [1.82, 2.24) is 15.1 Å². The highest BCUT2D eigenvalue weighted by Gasteiger charge is 2.15. The van der Waals surface area contributed by atoms with Crippen molar-refractivity contribution in [3.63, 3.8) is 0 Å². The molecule has 4 nitrogen and oxygen atoms in total. The van der Waals surface area contributed by atoms with Gasteiger partial charge in [-0.25, -0.2) is 0 Å². The normalized spacial score (nSPS) is 18.9. The van der Waals surface area contributed by atoms with Gasteiger partial charge in [-0.1, -0.05) is 0 Å². The Morgan fingerprint density at radius 3 is 2.89 bits per heavy atom. The van der Waals surface area contributed by atoms with Crippen molar-refractivity contribution in [3.05, 3.63) is 20.8 Å². The summed E-state index contributed by atoms with van der Waals surface area (Å²) in [5, 5.41) is 15.6. The van der Waals surface area contributed by atoms with Crippen LogP contribution in [0.25, 0.3) is 0 Å². The summed E-state index contributed by atoms with van der Waals surface area (Å²) in [5.74, 6) is 0. The number of halogens is 1. The fraction of sp³-hybridized carbons (Fsp3) is 0.692. The number of hydrogen-bond donors (Lipinski definition) is 2. The van der Waals surface area contributed by atoms with E-state index < -0.39 is 0 Å². The van der Waals surface area contributed by atoms with Crippen LogP contribution in [0.5, 0.6) is 0 Å². The number of aliphatic hydroxyl groups excluding tert-OH is 1. The highest BCUT2D eigenvalue weighted by Crippen LogP contribution is 2.21. The average Bonchev–Trinajstić information content (AvgIpc) is 2.75. The van der Waals surface area contributed by atoms with Crippen LogP contribution >= 0.6 is 27.3 Å². The van der Waals surface area contributed by atoms with Crippen molar-refractivity contribution in [2.45, 2.75) is 12.6 Å². The van der Waals surface area contributed by atoms with Crippen molar-refractivity contribution >= 4 is 27.3 Å². The van der Waals surface area contributed by atoms with Gasteiger partial charge >= 0.3 is 0 Å². The largest absolute Gasteiger partial charge is 0.390 e. The molecule has 0 saturated carbocycles. The topological polar surface area (TPSA) is 38.7 Å². The minimum atomic E-state index is -0.273. The average molecular weight is 348 g/mol. The molecule has 2 heterocycles. The number of rotatable bonds is 6. The third kappa shape index (κ3) is 5.49. The Morgan fingerprint density at radius 1 is 1.53 bits per heavy atom. The van der Waals surface area contributed by atoms with E-state index in [1.165, 1.54) is 5.56 Å². The molecule has 1 unspecified atom stereocenters. The van der Waals surface area contributed by atoms with Crippen molar-refractivity contribution in [2.75, 3.05) is 46.3 Å². The molecular weight excluding hydrogens is 326 g/mol. The summed E-state index contributed by atoms with van der Waals surface area (Å²) in [7, 11) is 2.06. The lowest BCUT2D eigenvalue weighted by Crippen LogP contribution is -2.47. The number of aliphatic hydroxyl groups is 1.